The van der Waals surface area contributed by atoms with Crippen LogP contribution in [0.2, 0.25) is 0 Å². The summed E-state index contributed by atoms with van der Waals surface area (Å²) in [4.78, 5) is 0.479. The molecule has 0 saturated heterocycles. The Morgan fingerprint density at radius 2 is 2.19 bits per heavy atom. The number of hydrogen-bond donors (Lipinski definition) is 2. The normalized spacial score (nSPS) is 25.8. The van der Waals surface area contributed by atoms with Gasteiger partial charge in [-0.05, 0) is 48.4 Å². The van der Waals surface area contributed by atoms with Crippen molar-refractivity contribution in [3.63, 3.8) is 0 Å². The second-order valence-corrected chi connectivity index (χ2v) is 8.08. The molecule has 2 atom stereocenters. The molecular weight excluding hydrogens is 284 g/mol. The van der Waals surface area contributed by atoms with E-state index >= 15 is 0 Å². The lowest BCUT2D eigenvalue weighted by Gasteiger charge is -2.21. The van der Waals surface area contributed by atoms with Crippen LogP contribution in [0.3, 0.4) is 0 Å². The molecule has 1 aliphatic carbocycles. The number of benzene rings is 1. The van der Waals surface area contributed by atoms with Crippen LogP contribution in [0.15, 0.2) is 23.1 Å². The topological polar surface area (TPSA) is 58.2 Å². The highest BCUT2D eigenvalue weighted by Gasteiger charge is 2.27. The predicted octanol–water partition coefficient (Wildman–Crippen LogP) is 2.05. The lowest BCUT2D eigenvalue weighted by molar-refractivity contribution is 0.414. The monoisotopic (exact) mass is 308 g/mol. The standard InChI is InChI=1S/C16H24N2O2S/c1-12-4-2-5-13(12)11-18-21(19,20)16-7-3-6-14-10-17-9-8-15(14)16/h3,6-7,12-13,17-18H,2,4-5,8-11H2,1H3. The molecule has 2 unspecified atom stereocenters. The van der Waals surface area contributed by atoms with E-state index in [1.165, 1.54) is 12.8 Å². The van der Waals surface area contributed by atoms with E-state index < -0.39 is 10.0 Å². The Kier molecular flexibility index (Phi) is 4.33. The molecular formula is C16H24N2O2S. The number of fused-ring (bicyclic) bond motifs is 1. The number of rotatable bonds is 4. The first-order valence-electron chi connectivity index (χ1n) is 7.89. The van der Waals surface area contributed by atoms with Gasteiger partial charge in [0, 0.05) is 13.1 Å². The molecule has 3 rings (SSSR count). The van der Waals surface area contributed by atoms with Gasteiger partial charge in [0.2, 0.25) is 10.0 Å². The summed E-state index contributed by atoms with van der Waals surface area (Å²) in [5, 5.41) is 3.29. The second-order valence-electron chi connectivity index (χ2n) is 6.34. The van der Waals surface area contributed by atoms with E-state index in [9.17, 15) is 8.42 Å². The molecule has 0 aromatic heterocycles. The molecule has 1 saturated carbocycles. The molecule has 1 fully saturated rings. The van der Waals surface area contributed by atoms with Crippen LogP contribution in [0, 0.1) is 11.8 Å². The van der Waals surface area contributed by atoms with Crippen molar-refractivity contribution >= 4 is 10.0 Å². The van der Waals surface area contributed by atoms with Crippen LogP contribution in [-0.2, 0) is 23.0 Å². The van der Waals surface area contributed by atoms with Gasteiger partial charge in [0.05, 0.1) is 4.90 Å². The van der Waals surface area contributed by atoms with E-state index in [2.05, 4.69) is 17.0 Å². The van der Waals surface area contributed by atoms with E-state index in [0.717, 1.165) is 37.1 Å². The molecule has 21 heavy (non-hydrogen) atoms. The maximum atomic E-state index is 12.6. The van der Waals surface area contributed by atoms with Gasteiger partial charge in [0.25, 0.3) is 0 Å². The van der Waals surface area contributed by atoms with Crippen molar-refractivity contribution in [3.05, 3.63) is 29.3 Å². The van der Waals surface area contributed by atoms with Gasteiger partial charge in [-0.1, -0.05) is 31.9 Å². The van der Waals surface area contributed by atoms with Crippen molar-refractivity contribution in [3.8, 4) is 0 Å². The average Bonchev–Trinajstić information content (AvgIpc) is 2.90. The fourth-order valence-corrected chi connectivity index (χ4v) is 4.97. The molecule has 1 aromatic carbocycles. The SMILES string of the molecule is CC1CCCC1CNS(=O)(=O)c1cccc2c1CCNC2. The van der Waals surface area contributed by atoms with Crippen molar-refractivity contribution < 1.29 is 8.42 Å². The summed E-state index contributed by atoms with van der Waals surface area (Å²) >= 11 is 0. The Bertz CT molecular complexity index is 613. The molecule has 116 valence electrons. The number of nitrogens with one attached hydrogen (secondary N) is 2. The average molecular weight is 308 g/mol. The third-order valence-corrected chi connectivity index (χ3v) is 6.47. The zero-order valence-corrected chi connectivity index (χ0v) is 13.4. The Balaban J connectivity index is 1.78. The van der Waals surface area contributed by atoms with Gasteiger partial charge in [0.1, 0.15) is 0 Å². The van der Waals surface area contributed by atoms with E-state index in [1.54, 1.807) is 6.07 Å². The maximum absolute atomic E-state index is 12.6. The summed E-state index contributed by atoms with van der Waals surface area (Å²) in [7, 11) is -3.39. The van der Waals surface area contributed by atoms with Crippen LogP contribution in [0.4, 0.5) is 0 Å². The molecule has 1 aromatic rings. The summed E-state index contributed by atoms with van der Waals surface area (Å²) in [6, 6.07) is 5.60. The zero-order chi connectivity index (χ0) is 14.9. The summed E-state index contributed by atoms with van der Waals surface area (Å²) in [6.07, 6.45) is 4.37. The van der Waals surface area contributed by atoms with Crippen molar-refractivity contribution in [1.29, 1.82) is 0 Å². The first-order chi connectivity index (χ1) is 10.1. The van der Waals surface area contributed by atoms with Crippen LogP contribution in [0.25, 0.3) is 0 Å². The van der Waals surface area contributed by atoms with Gasteiger partial charge in [-0.25, -0.2) is 13.1 Å². The van der Waals surface area contributed by atoms with Crippen LogP contribution in [0.5, 0.6) is 0 Å². The van der Waals surface area contributed by atoms with Crippen LogP contribution in [-0.4, -0.2) is 21.5 Å². The van der Waals surface area contributed by atoms with Crippen molar-refractivity contribution in [1.82, 2.24) is 10.0 Å². The third kappa shape index (κ3) is 3.15. The minimum absolute atomic E-state index is 0.479. The Morgan fingerprint density at radius 1 is 1.33 bits per heavy atom. The molecule has 0 radical (unpaired) electrons. The predicted molar refractivity (Wildman–Crippen MR) is 83.5 cm³/mol. The first-order valence-corrected chi connectivity index (χ1v) is 9.37. The van der Waals surface area contributed by atoms with Gasteiger partial charge < -0.3 is 5.32 Å². The maximum Gasteiger partial charge on any atom is 0.240 e. The molecule has 1 heterocycles. The summed E-state index contributed by atoms with van der Waals surface area (Å²) in [5.41, 5.74) is 2.10. The number of hydrogen-bond acceptors (Lipinski definition) is 3. The fraction of sp³-hybridized carbons (Fsp3) is 0.625. The molecule has 2 N–H and O–H groups in total. The lowest BCUT2D eigenvalue weighted by atomic mass is 9.99. The van der Waals surface area contributed by atoms with Gasteiger partial charge in [-0.15, -0.1) is 0 Å². The molecule has 2 aliphatic rings. The largest absolute Gasteiger partial charge is 0.312 e. The zero-order valence-electron chi connectivity index (χ0n) is 12.6. The second kappa shape index (κ2) is 6.07. The fourth-order valence-electron chi connectivity index (χ4n) is 3.57. The quantitative estimate of drug-likeness (QED) is 0.895. The molecule has 0 bridgehead atoms. The highest BCUT2D eigenvalue weighted by molar-refractivity contribution is 7.89. The minimum Gasteiger partial charge on any atom is -0.312 e. The van der Waals surface area contributed by atoms with Gasteiger partial charge in [-0.3, -0.25) is 0 Å². The van der Waals surface area contributed by atoms with Crippen molar-refractivity contribution in [2.24, 2.45) is 11.8 Å². The first kappa shape index (κ1) is 15.0. The van der Waals surface area contributed by atoms with E-state index in [4.69, 9.17) is 0 Å². The Hall–Kier alpha value is -0.910. The number of sulfonamides is 1. The van der Waals surface area contributed by atoms with E-state index in [1.807, 2.05) is 12.1 Å². The molecule has 4 nitrogen and oxygen atoms in total. The van der Waals surface area contributed by atoms with E-state index in [-0.39, 0.29) is 0 Å². The molecule has 0 spiro atoms. The molecule has 5 heteroatoms. The van der Waals surface area contributed by atoms with Crippen LogP contribution < -0.4 is 10.0 Å². The molecule has 0 amide bonds. The van der Waals surface area contributed by atoms with Crippen molar-refractivity contribution in [2.45, 2.75) is 44.0 Å². The lowest BCUT2D eigenvalue weighted by Crippen LogP contribution is -2.32. The Morgan fingerprint density at radius 3 is 2.95 bits per heavy atom. The smallest absolute Gasteiger partial charge is 0.240 e. The van der Waals surface area contributed by atoms with E-state index in [0.29, 0.717) is 23.3 Å². The Labute approximate surface area is 127 Å². The van der Waals surface area contributed by atoms with Gasteiger partial charge in [-0.2, -0.15) is 0 Å². The summed E-state index contributed by atoms with van der Waals surface area (Å²) in [6.45, 7) is 4.41. The summed E-state index contributed by atoms with van der Waals surface area (Å²) < 4.78 is 28.1. The minimum atomic E-state index is -3.39. The van der Waals surface area contributed by atoms with Crippen molar-refractivity contribution in [2.75, 3.05) is 13.1 Å². The van der Waals surface area contributed by atoms with Gasteiger partial charge in [0.15, 0.2) is 0 Å². The van der Waals surface area contributed by atoms with Crippen LogP contribution >= 0.6 is 0 Å². The highest BCUT2D eigenvalue weighted by atomic mass is 32.2. The summed E-state index contributed by atoms with van der Waals surface area (Å²) in [5.74, 6) is 1.11. The third-order valence-electron chi connectivity index (χ3n) is 4.96. The van der Waals surface area contributed by atoms with Gasteiger partial charge >= 0.3 is 0 Å². The molecule has 1 aliphatic heterocycles. The van der Waals surface area contributed by atoms with Crippen LogP contribution in [0.1, 0.15) is 37.3 Å². The highest BCUT2D eigenvalue weighted by Crippen LogP contribution is 2.31.